The number of aliphatic hydroxyl groups excluding tert-OH is 1. The second kappa shape index (κ2) is 12.1. The van der Waals surface area contributed by atoms with Crippen LogP contribution in [0.5, 0.6) is 0 Å². The summed E-state index contributed by atoms with van der Waals surface area (Å²) >= 11 is 0. The van der Waals surface area contributed by atoms with Crippen molar-refractivity contribution in [2.75, 3.05) is 6.61 Å². The fourth-order valence-electron chi connectivity index (χ4n) is 9.02. The van der Waals surface area contributed by atoms with Crippen LogP contribution in [0, 0.1) is 39.7 Å². The van der Waals surface area contributed by atoms with Gasteiger partial charge < -0.3 is 25.6 Å². The third-order valence-corrected chi connectivity index (χ3v) is 11.2. The number of Topliss-reactive ketones (excluding diaryl/α,β-unsaturated/α-hetero) is 1. The minimum Gasteiger partial charge on any atom is -0.595 e. The maximum Gasteiger partial charge on any atom is 0.329 e. The number of fused-ring (bicyclic) bond motifs is 5. The highest BCUT2D eigenvalue weighted by Gasteiger charge is 2.59. The normalized spacial score (nSPS) is 34.6. The summed E-state index contributed by atoms with van der Waals surface area (Å²) in [6.45, 7) is 5.97. The van der Waals surface area contributed by atoms with Crippen molar-refractivity contribution in [3.05, 3.63) is 46.7 Å². The predicted octanol–water partition coefficient (Wildman–Crippen LogP) is 3.23. The van der Waals surface area contributed by atoms with Crippen LogP contribution in [0.1, 0.15) is 83.8 Å². The Hall–Kier alpha value is -3.12. The van der Waals surface area contributed by atoms with Gasteiger partial charge in [0.2, 0.25) is 0 Å². The number of carbonyl (C=O) groups excluding carboxylic acids is 2. The van der Waals surface area contributed by atoms with Gasteiger partial charge in [-0.2, -0.15) is 5.23 Å². The molecule has 7 unspecified atom stereocenters. The molecule has 0 saturated heterocycles. The van der Waals surface area contributed by atoms with E-state index in [1.807, 2.05) is 0 Å². The molecule has 0 spiro atoms. The molecule has 0 radical (unpaired) electrons. The quantitative estimate of drug-likeness (QED) is 0.270. The monoisotopic (exact) mass is 597 g/mol. The van der Waals surface area contributed by atoms with E-state index >= 15 is 0 Å². The summed E-state index contributed by atoms with van der Waals surface area (Å²) in [5.41, 5.74) is 2.26. The maximum absolute atomic E-state index is 12.5. The molecule has 5 rings (SSSR count). The fourth-order valence-corrected chi connectivity index (χ4v) is 9.02. The van der Waals surface area contributed by atoms with Crippen molar-refractivity contribution in [2.45, 2.75) is 84.3 Å². The van der Waals surface area contributed by atoms with E-state index in [0.29, 0.717) is 30.0 Å². The third-order valence-electron chi connectivity index (χ3n) is 11.2. The molecule has 1 aromatic carbocycles. The van der Waals surface area contributed by atoms with Crippen molar-refractivity contribution in [1.82, 2.24) is 5.32 Å². The molecule has 9 atom stereocenters. The number of hydrogen-bond acceptors (Lipinski definition) is 8. The van der Waals surface area contributed by atoms with Gasteiger partial charge in [-0.1, -0.05) is 36.7 Å². The molecule has 11 heteroatoms. The van der Waals surface area contributed by atoms with Gasteiger partial charge in [0.25, 0.3) is 5.91 Å². The van der Waals surface area contributed by atoms with Crippen molar-refractivity contribution >= 4 is 29.1 Å². The fraction of sp³-hybridized carbons (Fsp3) is 0.625. The number of carboxylic acids is 1. The molecule has 3 fully saturated rings. The lowest BCUT2D eigenvalue weighted by Crippen LogP contribution is -2.99. The van der Waals surface area contributed by atoms with Crippen molar-refractivity contribution < 1.29 is 39.9 Å². The molecule has 0 aromatic heterocycles. The second-order valence-corrected chi connectivity index (χ2v) is 13.4. The van der Waals surface area contributed by atoms with Crippen LogP contribution in [0.2, 0.25) is 0 Å². The number of aliphatic hydroxyl groups is 1. The summed E-state index contributed by atoms with van der Waals surface area (Å²) in [6, 6.07) is 3.56. The minimum absolute atomic E-state index is 0.0505. The molecular formula is C32H43N3O8. The van der Waals surface area contributed by atoms with Crippen LogP contribution in [0.15, 0.2) is 41.1 Å². The van der Waals surface area contributed by atoms with Crippen molar-refractivity contribution in [3.63, 3.8) is 0 Å². The number of amides is 1. The molecule has 234 valence electrons. The van der Waals surface area contributed by atoms with Gasteiger partial charge in [-0.3, -0.25) is 9.59 Å². The Balaban J connectivity index is 1.20. The van der Waals surface area contributed by atoms with Crippen LogP contribution < -0.4 is 10.5 Å². The summed E-state index contributed by atoms with van der Waals surface area (Å²) in [5.74, 6) is 0.109. The van der Waals surface area contributed by atoms with Gasteiger partial charge in [0.05, 0.1) is 5.71 Å². The van der Waals surface area contributed by atoms with Gasteiger partial charge >= 0.3 is 5.97 Å². The van der Waals surface area contributed by atoms with Crippen LogP contribution in [-0.2, 0) is 19.2 Å². The number of allylic oxidation sites excluding steroid dienone is 2. The molecule has 43 heavy (non-hydrogen) atoms. The lowest BCUT2D eigenvalue weighted by atomic mass is 9.46. The van der Waals surface area contributed by atoms with Crippen LogP contribution in [0.3, 0.4) is 0 Å². The molecule has 3 saturated carbocycles. The van der Waals surface area contributed by atoms with Crippen LogP contribution in [0.25, 0.3) is 0 Å². The van der Waals surface area contributed by atoms with Gasteiger partial charge in [-0.15, -0.1) is 0 Å². The Labute approximate surface area is 251 Å². The van der Waals surface area contributed by atoms with Gasteiger partial charge in [-0.05, 0) is 98.5 Å². The Bertz CT molecular complexity index is 1330. The van der Waals surface area contributed by atoms with E-state index in [2.05, 4.69) is 30.4 Å². The first-order valence-corrected chi connectivity index (χ1v) is 15.3. The summed E-state index contributed by atoms with van der Waals surface area (Å²) in [4.78, 5) is 42.0. The van der Waals surface area contributed by atoms with E-state index in [1.54, 1.807) is 6.92 Å². The number of hydrogen-bond donors (Lipinski definition) is 5. The Morgan fingerprint density at radius 1 is 1.14 bits per heavy atom. The number of oxime groups is 1. The number of benzene rings is 1. The zero-order valence-corrected chi connectivity index (χ0v) is 25.0. The van der Waals surface area contributed by atoms with E-state index in [4.69, 9.17) is 4.84 Å². The van der Waals surface area contributed by atoms with Crippen molar-refractivity contribution in [3.8, 4) is 0 Å². The first-order valence-electron chi connectivity index (χ1n) is 15.3. The van der Waals surface area contributed by atoms with Gasteiger partial charge in [0, 0.05) is 18.1 Å². The standard InChI is InChI=1S/C32H43N3O8/c1-18(36)24-9-10-25-23-8-7-20-16-21(11-13-31(20,2)26(23)12-14-32(24,25)3)34-43-17-27(37)33-28(30(39)40)29(38)19-5-4-6-22(15-19)35(41)42/h4-6,15-16,23-26,28-29,35,38,41H,7-14,17H2,1-3H3,(H,33,37)(H,39,40)/t23?,24?,25?,26?,28?,29?,31-,32+/m0/s1. The van der Waals surface area contributed by atoms with Gasteiger partial charge in [0.1, 0.15) is 11.9 Å². The molecule has 1 amide bonds. The summed E-state index contributed by atoms with van der Waals surface area (Å²) in [6.07, 6.45) is 8.58. The van der Waals surface area contributed by atoms with Crippen LogP contribution in [-0.4, -0.2) is 51.4 Å². The number of carbonyl (C=O) groups is 3. The van der Waals surface area contributed by atoms with Crippen molar-refractivity contribution in [1.29, 1.82) is 0 Å². The minimum atomic E-state index is -1.71. The number of ketones is 1. The summed E-state index contributed by atoms with van der Waals surface area (Å²) in [7, 11) is 0. The number of carboxylic acid groups (broad SMARTS) is 1. The highest BCUT2D eigenvalue weighted by atomic mass is 16.8. The third kappa shape index (κ3) is 5.87. The van der Waals surface area contributed by atoms with Gasteiger partial charge in [-0.25, -0.2) is 10.0 Å². The smallest absolute Gasteiger partial charge is 0.329 e. The van der Waals surface area contributed by atoms with E-state index < -0.39 is 35.9 Å². The number of rotatable bonds is 9. The van der Waals surface area contributed by atoms with E-state index in [1.165, 1.54) is 23.8 Å². The second-order valence-electron chi connectivity index (χ2n) is 13.4. The highest BCUT2D eigenvalue weighted by molar-refractivity contribution is 5.96. The number of nitrogens with zero attached hydrogens (tertiary/aromatic N) is 1. The molecule has 4 aliphatic rings. The molecule has 0 bridgehead atoms. The lowest BCUT2D eigenvalue weighted by molar-refractivity contribution is -0.991. The van der Waals surface area contributed by atoms with Crippen molar-refractivity contribution in [2.24, 2.45) is 39.7 Å². The lowest BCUT2D eigenvalue weighted by Gasteiger charge is -2.58. The number of quaternary nitrogens is 1. The average Bonchev–Trinajstić information content (AvgIpc) is 3.33. The first kappa shape index (κ1) is 31.3. The Morgan fingerprint density at radius 3 is 2.60 bits per heavy atom. The first-order chi connectivity index (χ1) is 20.3. The number of aliphatic carboxylic acids is 1. The molecule has 0 heterocycles. The SMILES string of the molecule is CC(=O)C1CCC2C3CCC4=CC(=NOCC(=O)NC(C(=O)O)C(O)c5cccc([NH+]([O-])O)c5)CC[C@]4(C)C3CC[C@]12C. The number of nitrogens with one attached hydrogen (secondary N) is 2. The topological polar surface area (TPSA) is 173 Å². The predicted molar refractivity (Wildman–Crippen MR) is 156 cm³/mol. The molecular weight excluding hydrogens is 554 g/mol. The van der Waals surface area contributed by atoms with E-state index in [9.17, 15) is 35.0 Å². The van der Waals surface area contributed by atoms with Crippen LogP contribution in [0.4, 0.5) is 5.69 Å². The zero-order valence-electron chi connectivity index (χ0n) is 25.0. The Kier molecular flexibility index (Phi) is 8.82. The summed E-state index contributed by atoms with van der Waals surface area (Å²) < 4.78 is 0. The molecule has 5 N–H and O–H groups in total. The molecule has 11 nitrogen and oxygen atoms in total. The largest absolute Gasteiger partial charge is 0.595 e. The van der Waals surface area contributed by atoms with E-state index in [0.717, 1.165) is 56.7 Å². The average molecular weight is 598 g/mol. The molecule has 1 aromatic rings. The highest BCUT2D eigenvalue weighted by Crippen LogP contribution is 2.66. The maximum atomic E-state index is 12.5. The summed E-state index contributed by atoms with van der Waals surface area (Å²) in [5, 5.41) is 45.8. The Morgan fingerprint density at radius 2 is 1.91 bits per heavy atom. The molecule has 0 aliphatic heterocycles. The van der Waals surface area contributed by atoms with Crippen LogP contribution >= 0.6 is 0 Å². The van der Waals surface area contributed by atoms with Gasteiger partial charge in [0.15, 0.2) is 18.3 Å². The zero-order chi connectivity index (χ0) is 31.1. The van der Waals surface area contributed by atoms with E-state index in [-0.39, 0.29) is 28.0 Å². The molecule has 4 aliphatic carbocycles.